The average Bonchev–Trinajstić information content (AvgIpc) is 2.32. The maximum Gasteiger partial charge on any atom is 0.254 e. The maximum absolute atomic E-state index is 11.2. The van der Waals surface area contributed by atoms with Gasteiger partial charge in [-0.15, -0.1) is 0 Å². The van der Waals surface area contributed by atoms with E-state index in [0.29, 0.717) is 11.4 Å². The van der Waals surface area contributed by atoms with Crippen LogP contribution in [0, 0.1) is 0 Å². The zero-order chi connectivity index (χ0) is 12.3. The van der Waals surface area contributed by atoms with Gasteiger partial charge < -0.3 is 16.2 Å². The Morgan fingerprint density at radius 3 is 2.82 bits per heavy atom. The van der Waals surface area contributed by atoms with Gasteiger partial charge in [-0.1, -0.05) is 0 Å². The molecule has 0 aliphatic rings. The Balaban J connectivity index is 2.36. The van der Waals surface area contributed by atoms with Crippen LogP contribution in [-0.4, -0.2) is 15.9 Å². The third kappa shape index (κ3) is 2.49. The Morgan fingerprint density at radius 2 is 2.18 bits per heavy atom. The minimum Gasteiger partial charge on any atom is -0.437 e. The van der Waals surface area contributed by atoms with Crippen molar-refractivity contribution in [3.8, 4) is 11.6 Å². The fourth-order valence-corrected chi connectivity index (χ4v) is 1.25. The predicted octanol–water partition coefficient (Wildman–Crippen LogP) is 0.950. The van der Waals surface area contributed by atoms with Gasteiger partial charge in [-0.2, -0.15) is 0 Å². The van der Waals surface area contributed by atoms with Crippen LogP contribution in [0.25, 0.3) is 0 Å². The summed E-state index contributed by atoms with van der Waals surface area (Å²) in [5.74, 6) is -0.0735. The first-order valence-electron chi connectivity index (χ1n) is 4.80. The standard InChI is InChI=1S/C11H10N4O2/c12-7-4-9(10(13)16)11(15-5-7)17-8-2-1-3-14-6-8/h1-6H,12H2,(H2,13,16). The number of nitrogen functional groups attached to an aromatic ring is 1. The van der Waals surface area contributed by atoms with Gasteiger partial charge in [0.1, 0.15) is 11.3 Å². The Kier molecular flexibility index (Phi) is 2.87. The molecule has 0 saturated heterocycles. The number of rotatable bonds is 3. The van der Waals surface area contributed by atoms with Crippen LogP contribution in [0.4, 0.5) is 5.69 Å². The van der Waals surface area contributed by atoms with Crippen molar-refractivity contribution < 1.29 is 9.53 Å². The monoisotopic (exact) mass is 230 g/mol. The molecule has 2 aromatic rings. The number of carbonyl (C=O) groups excluding carboxylic acids is 1. The van der Waals surface area contributed by atoms with E-state index in [4.69, 9.17) is 16.2 Å². The van der Waals surface area contributed by atoms with Crippen molar-refractivity contribution in [1.29, 1.82) is 0 Å². The number of pyridine rings is 2. The van der Waals surface area contributed by atoms with E-state index >= 15 is 0 Å². The molecular formula is C11H10N4O2. The van der Waals surface area contributed by atoms with E-state index in [1.54, 1.807) is 18.3 Å². The lowest BCUT2D eigenvalue weighted by atomic mass is 10.2. The van der Waals surface area contributed by atoms with Crippen LogP contribution in [0.2, 0.25) is 0 Å². The molecule has 2 aromatic heterocycles. The first-order chi connectivity index (χ1) is 8.16. The highest BCUT2D eigenvalue weighted by atomic mass is 16.5. The highest BCUT2D eigenvalue weighted by Gasteiger charge is 2.12. The summed E-state index contributed by atoms with van der Waals surface area (Å²) in [7, 11) is 0. The van der Waals surface area contributed by atoms with Crippen LogP contribution in [-0.2, 0) is 0 Å². The number of hydrogen-bond acceptors (Lipinski definition) is 5. The highest BCUT2D eigenvalue weighted by Crippen LogP contribution is 2.23. The second-order valence-corrected chi connectivity index (χ2v) is 3.28. The van der Waals surface area contributed by atoms with E-state index in [-0.39, 0.29) is 11.4 Å². The summed E-state index contributed by atoms with van der Waals surface area (Å²) in [6.45, 7) is 0. The molecule has 0 atom stereocenters. The van der Waals surface area contributed by atoms with Crippen LogP contribution >= 0.6 is 0 Å². The molecule has 0 bridgehead atoms. The highest BCUT2D eigenvalue weighted by molar-refractivity contribution is 5.95. The van der Waals surface area contributed by atoms with Gasteiger partial charge in [0.05, 0.1) is 18.1 Å². The molecule has 0 fully saturated rings. The summed E-state index contributed by atoms with van der Waals surface area (Å²) in [6, 6.07) is 4.81. The Labute approximate surface area is 97.2 Å². The predicted molar refractivity (Wildman–Crippen MR) is 61.5 cm³/mol. The number of carbonyl (C=O) groups is 1. The minimum absolute atomic E-state index is 0.111. The summed E-state index contributed by atoms with van der Waals surface area (Å²) < 4.78 is 5.40. The van der Waals surface area contributed by atoms with Gasteiger partial charge in [-0.3, -0.25) is 9.78 Å². The molecule has 86 valence electrons. The SMILES string of the molecule is NC(=O)c1cc(N)cnc1Oc1cccnc1. The number of nitrogens with two attached hydrogens (primary N) is 2. The van der Waals surface area contributed by atoms with Crippen molar-refractivity contribution in [3.63, 3.8) is 0 Å². The van der Waals surface area contributed by atoms with Gasteiger partial charge in [0, 0.05) is 6.20 Å². The number of anilines is 1. The van der Waals surface area contributed by atoms with E-state index in [2.05, 4.69) is 9.97 Å². The summed E-state index contributed by atoms with van der Waals surface area (Å²) >= 11 is 0. The van der Waals surface area contributed by atoms with E-state index in [1.165, 1.54) is 18.5 Å². The van der Waals surface area contributed by atoms with Crippen LogP contribution in [0.3, 0.4) is 0 Å². The van der Waals surface area contributed by atoms with Crippen molar-refractivity contribution in [3.05, 3.63) is 42.4 Å². The average molecular weight is 230 g/mol. The van der Waals surface area contributed by atoms with Gasteiger partial charge in [-0.05, 0) is 18.2 Å². The molecule has 0 radical (unpaired) electrons. The third-order valence-corrected chi connectivity index (χ3v) is 1.99. The number of aromatic nitrogens is 2. The number of ether oxygens (including phenoxy) is 1. The Hall–Kier alpha value is -2.63. The van der Waals surface area contributed by atoms with Crippen LogP contribution in [0.5, 0.6) is 11.6 Å². The molecule has 2 rings (SSSR count). The lowest BCUT2D eigenvalue weighted by Crippen LogP contribution is -2.13. The Morgan fingerprint density at radius 1 is 1.35 bits per heavy atom. The molecule has 0 unspecified atom stereocenters. The van der Waals surface area contributed by atoms with Crippen LogP contribution < -0.4 is 16.2 Å². The number of primary amides is 1. The zero-order valence-corrected chi connectivity index (χ0v) is 8.83. The molecular weight excluding hydrogens is 220 g/mol. The molecule has 6 heteroatoms. The molecule has 4 N–H and O–H groups in total. The van der Waals surface area contributed by atoms with Gasteiger partial charge >= 0.3 is 0 Å². The Bertz CT molecular complexity index is 542. The second kappa shape index (κ2) is 4.48. The van der Waals surface area contributed by atoms with E-state index in [1.807, 2.05) is 0 Å². The zero-order valence-electron chi connectivity index (χ0n) is 8.83. The summed E-state index contributed by atoms with van der Waals surface area (Å²) in [5, 5.41) is 0. The minimum atomic E-state index is -0.649. The lowest BCUT2D eigenvalue weighted by Gasteiger charge is -2.07. The van der Waals surface area contributed by atoms with Gasteiger partial charge in [-0.25, -0.2) is 4.98 Å². The molecule has 0 spiro atoms. The van der Waals surface area contributed by atoms with Gasteiger partial charge in [0.15, 0.2) is 0 Å². The van der Waals surface area contributed by atoms with Crippen molar-refractivity contribution in [2.45, 2.75) is 0 Å². The number of amides is 1. The molecule has 1 amide bonds. The summed E-state index contributed by atoms with van der Waals surface area (Å²) in [6.07, 6.45) is 4.50. The van der Waals surface area contributed by atoms with Crippen LogP contribution in [0.15, 0.2) is 36.8 Å². The summed E-state index contributed by atoms with van der Waals surface area (Å²) in [4.78, 5) is 19.0. The van der Waals surface area contributed by atoms with Crippen LogP contribution in [0.1, 0.15) is 10.4 Å². The largest absolute Gasteiger partial charge is 0.437 e. The van der Waals surface area contributed by atoms with E-state index in [0.717, 1.165) is 0 Å². The topological polar surface area (TPSA) is 104 Å². The normalized spacial score (nSPS) is 9.88. The molecule has 6 nitrogen and oxygen atoms in total. The smallest absolute Gasteiger partial charge is 0.254 e. The number of nitrogens with zero attached hydrogens (tertiary/aromatic N) is 2. The fourth-order valence-electron chi connectivity index (χ4n) is 1.25. The molecule has 0 aromatic carbocycles. The quantitative estimate of drug-likeness (QED) is 0.816. The fraction of sp³-hybridized carbons (Fsp3) is 0. The molecule has 0 aliphatic heterocycles. The van der Waals surface area contributed by atoms with Crippen molar-refractivity contribution in [2.24, 2.45) is 5.73 Å². The summed E-state index contributed by atoms with van der Waals surface area (Å²) in [5.41, 5.74) is 11.2. The second-order valence-electron chi connectivity index (χ2n) is 3.28. The number of hydrogen-bond donors (Lipinski definition) is 2. The molecule has 0 aliphatic carbocycles. The first kappa shape index (κ1) is 10.9. The van der Waals surface area contributed by atoms with E-state index in [9.17, 15) is 4.79 Å². The maximum atomic E-state index is 11.2. The van der Waals surface area contributed by atoms with Gasteiger partial charge in [0.25, 0.3) is 5.91 Å². The molecule has 2 heterocycles. The van der Waals surface area contributed by atoms with Crippen molar-refractivity contribution >= 4 is 11.6 Å². The third-order valence-electron chi connectivity index (χ3n) is 1.99. The van der Waals surface area contributed by atoms with E-state index < -0.39 is 5.91 Å². The van der Waals surface area contributed by atoms with Crippen molar-refractivity contribution in [2.75, 3.05) is 5.73 Å². The van der Waals surface area contributed by atoms with Crippen molar-refractivity contribution in [1.82, 2.24) is 9.97 Å². The molecule has 0 saturated carbocycles. The lowest BCUT2D eigenvalue weighted by molar-refractivity contribution is 0.0997. The van der Waals surface area contributed by atoms with Gasteiger partial charge in [0.2, 0.25) is 5.88 Å². The first-order valence-corrected chi connectivity index (χ1v) is 4.80. The molecule has 17 heavy (non-hydrogen) atoms.